The predicted molar refractivity (Wildman–Crippen MR) is 84.0 cm³/mol. The van der Waals surface area contributed by atoms with Crippen molar-refractivity contribution in [2.24, 2.45) is 5.10 Å². The van der Waals surface area contributed by atoms with E-state index in [2.05, 4.69) is 47.4 Å². The fraction of sp³-hybridized carbons (Fsp3) is 0.0769. The summed E-state index contributed by atoms with van der Waals surface area (Å²) in [7, 11) is 0. The van der Waals surface area contributed by atoms with Crippen LogP contribution < -0.4 is 5.43 Å². The lowest BCUT2D eigenvalue weighted by molar-refractivity contribution is 0.0950. The van der Waals surface area contributed by atoms with Crippen LogP contribution in [0.25, 0.3) is 0 Å². The maximum Gasteiger partial charge on any atom is 0.287 e. The highest BCUT2D eigenvalue weighted by molar-refractivity contribution is 9.10. The molecule has 2 rings (SSSR count). The molecule has 3 N–H and O–H groups in total. The molecule has 0 saturated carbocycles. The number of phenols is 1. The third-order valence-corrected chi connectivity index (χ3v) is 3.52. The van der Waals surface area contributed by atoms with Crippen molar-refractivity contribution in [3.05, 3.63) is 50.7 Å². The van der Waals surface area contributed by atoms with Crippen LogP contribution in [0.2, 0.25) is 0 Å². The molecule has 0 aliphatic heterocycles. The van der Waals surface area contributed by atoms with E-state index in [4.69, 9.17) is 0 Å². The smallest absolute Gasteiger partial charge is 0.287 e. The highest BCUT2D eigenvalue weighted by Gasteiger charge is 2.09. The highest BCUT2D eigenvalue weighted by atomic mass is 79.9. The second-order valence-electron chi connectivity index (χ2n) is 4.03. The summed E-state index contributed by atoms with van der Waals surface area (Å²) >= 11 is 6.57. The number of hydrogen-bond donors (Lipinski definition) is 3. The van der Waals surface area contributed by atoms with Crippen molar-refractivity contribution in [1.29, 1.82) is 0 Å². The van der Waals surface area contributed by atoms with Gasteiger partial charge in [-0.05, 0) is 47.1 Å². The van der Waals surface area contributed by atoms with Crippen molar-refractivity contribution in [2.45, 2.75) is 6.92 Å². The van der Waals surface area contributed by atoms with Crippen molar-refractivity contribution >= 4 is 43.5 Å². The molecule has 0 spiro atoms. The van der Waals surface area contributed by atoms with E-state index in [1.807, 2.05) is 0 Å². The van der Waals surface area contributed by atoms with E-state index in [0.29, 0.717) is 17.0 Å². The van der Waals surface area contributed by atoms with Crippen LogP contribution in [0.1, 0.15) is 23.0 Å². The van der Waals surface area contributed by atoms with Crippen LogP contribution in [0.4, 0.5) is 0 Å². The Hall–Kier alpha value is -1.60. The second-order valence-corrected chi connectivity index (χ2v) is 5.86. The average molecular weight is 401 g/mol. The first-order chi connectivity index (χ1) is 9.47. The number of aromatic hydroxyl groups is 1. The summed E-state index contributed by atoms with van der Waals surface area (Å²) in [6.45, 7) is 1.70. The monoisotopic (exact) mass is 399 g/mol. The molecule has 2 aromatic rings. The van der Waals surface area contributed by atoms with Crippen LogP contribution >= 0.6 is 31.9 Å². The number of hydrazone groups is 1. The molecule has 1 aromatic heterocycles. The van der Waals surface area contributed by atoms with Gasteiger partial charge in [0.1, 0.15) is 11.4 Å². The molecule has 5 nitrogen and oxygen atoms in total. The average Bonchev–Trinajstić information content (AvgIpc) is 2.85. The Morgan fingerprint density at radius 2 is 2.05 bits per heavy atom. The van der Waals surface area contributed by atoms with E-state index >= 15 is 0 Å². The maximum absolute atomic E-state index is 11.8. The standard InChI is InChI=1S/C13H11Br2N3O2/c1-7(10-4-8(14)2-3-12(10)19)17-18-13(20)11-5-9(15)6-16-11/h2-6,16,19H,1H3,(H,18,20)/b17-7+. The molecule has 0 fully saturated rings. The van der Waals surface area contributed by atoms with E-state index in [0.717, 1.165) is 8.95 Å². The van der Waals surface area contributed by atoms with Crippen LogP contribution in [0, 0.1) is 0 Å². The van der Waals surface area contributed by atoms with Crippen molar-refractivity contribution in [1.82, 2.24) is 10.4 Å². The van der Waals surface area contributed by atoms with E-state index < -0.39 is 0 Å². The van der Waals surface area contributed by atoms with Gasteiger partial charge in [0.15, 0.2) is 0 Å². The number of rotatable bonds is 3. The number of hydrogen-bond acceptors (Lipinski definition) is 3. The quantitative estimate of drug-likeness (QED) is 0.545. The minimum absolute atomic E-state index is 0.103. The molecule has 1 amide bonds. The Morgan fingerprint density at radius 1 is 1.30 bits per heavy atom. The first kappa shape index (κ1) is 14.8. The number of phenolic OH excluding ortho intramolecular Hbond substituents is 1. The fourth-order valence-corrected chi connectivity index (χ4v) is 2.26. The zero-order valence-corrected chi connectivity index (χ0v) is 13.6. The topological polar surface area (TPSA) is 77.5 Å². The van der Waals surface area contributed by atoms with Gasteiger partial charge in [0.25, 0.3) is 5.91 Å². The summed E-state index contributed by atoms with van der Waals surface area (Å²) in [5.74, 6) is -0.254. The van der Waals surface area contributed by atoms with Gasteiger partial charge in [-0.25, -0.2) is 5.43 Å². The van der Waals surface area contributed by atoms with Crippen molar-refractivity contribution in [2.75, 3.05) is 0 Å². The predicted octanol–water partition coefficient (Wildman–Crippen LogP) is 3.40. The molecule has 1 aromatic carbocycles. The number of nitrogens with zero attached hydrogens (tertiary/aromatic N) is 1. The fourth-order valence-electron chi connectivity index (χ4n) is 1.55. The van der Waals surface area contributed by atoms with Gasteiger partial charge in [-0.1, -0.05) is 15.9 Å². The normalized spacial score (nSPS) is 11.4. The summed E-state index contributed by atoms with van der Waals surface area (Å²) in [6, 6.07) is 6.66. The van der Waals surface area contributed by atoms with Gasteiger partial charge in [-0.2, -0.15) is 5.10 Å². The Bertz CT molecular complexity index is 680. The first-order valence-corrected chi connectivity index (χ1v) is 7.23. The largest absolute Gasteiger partial charge is 0.507 e. The molecule has 20 heavy (non-hydrogen) atoms. The van der Waals surface area contributed by atoms with Crippen molar-refractivity contribution < 1.29 is 9.90 Å². The van der Waals surface area contributed by atoms with Crippen molar-refractivity contribution in [3.63, 3.8) is 0 Å². The van der Waals surface area contributed by atoms with Gasteiger partial charge < -0.3 is 10.1 Å². The Balaban J connectivity index is 2.15. The Morgan fingerprint density at radius 3 is 2.70 bits per heavy atom. The molecule has 0 aliphatic rings. The SMILES string of the molecule is C/C(=N\NC(=O)c1cc(Br)c[nH]1)c1cc(Br)ccc1O. The molecule has 7 heteroatoms. The molecule has 0 saturated heterocycles. The number of carbonyl (C=O) groups is 1. The summed E-state index contributed by atoms with van der Waals surface area (Å²) in [6.07, 6.45) is 1.66. The molecule has 0 unspecified atom stereocenters. The summed E-state index contributed by atoms with van der Waals surface area (Å²) in [5.41, 5.74) is 3.87. The maximum atomic E-state index is 11.8. The van der Waals surface area contributed by atoms with Crippen molar-refractivity contribution in [3.8, 4) is 5.75 Å². The van der Waals surface area contributed by atoms with Gasteiger partial charge in [-0.3, -0.25) is 4.79 Å². The molecule has 0 aliphatic carbocycles. The minimum Gasteiger partial charge on any atom is -0.507 e. The van der Waals surface area contributed by atoms with E-state index in [1.165, 1.54) is 0 Å². The van der Waals surface area contributed by atoms with Crippen LogP contribution in [-0.2, 0) is 0 Å². The van der Waals surface area contributed by atoms with Gasteiger partial charge in [0.2, 0.25) is 0 Å². The number of halogens is 2. The minimum atomic E-state index is -0.357. The number of aromatic amines is 1. The number of carbonyl (C=O) groups excluding carboxylic acids is 1. The van der Waals surface area contributed by atoms with Crippen LogP contribution in [0.15, 0.2) is 44.5 Å². The molecule has 1 heterocycles. The lowest BCUT2D eigenvalue weighted by Gasteiger charge is -2.05. The number of H-pyrrole nitrogens is 1. The number of aromatic nitrogens is 1. The van der Waals surface area contributed by atoms with E-state index in [-0.39, 0.29) is 11.7 Å². The van der Waals surface area contributed by atoms with E-state index in [1.54, 1.807) is 37.4 Å². The summed E-state index contributed by atoms with van der Waals surface area (Å²) in [5, 5.41) is 13.7. The second kappa shape index (κ2) is 6.23. The summed E-state index contributed by atoms with van der Waals surface area (Å²) in [4.78, 5) is 14.6. The van der Waals surface area contributed by atoms with Gasteiger partial charge >= 0.3 is 0 Å². The number of amides is 1. The zero-order valence-electron chi connectivity index (χ0n) is 10.4. The Labute approximate surface area is 132 Å². The lowest BCUT2D eigenvalue weighted by Crippen LogP contribution is -2.19. The first-order valence-electron chi connectivity index (χ1n) is 5.65. The van der Waals surface area contributed by atoms with Gasteiger partial charge in [-0.15, -0.1) is 0 Å². The van der Waals surface area contributed by atoms with E-state index in [9.17, 15) is 9.90 Å². The molecular formula is C13H11Br2N3O2. The molecule has 0 atom stereocenters. The molecule has 104 valence electrons. The number of nitrogens with one attached hydrogen (secondary N) is 2. The van der Waals surface area contributed by atoms with Crippen LogP contribution in [0.5, 0.6) is 5.75 Å². The van der Waals surface area contributed by atoms with Crippen LogP contribution in [-0.4, -0.2) is 21.7 Å². The van der Waals surface area contributed by atoms with Crippen LogP contribution in [0.3, 0.4) is 0 Å². The highest BCUT2D eigenvalue weighted by Crippen LogP contribution is 2.22. The molecule has 0 bridgehead atoms. The number of benzene rings is 1. The van der Waals surface area contributed by atoms with Gasteiger partial charge in [0.05, 0.1) is 5.71 Å². The Kier molecular flexibility index (Phi) is 4.61. The zero-order chi connectivity index (χ0) is 14.7. The third-order valence-electron chi connectivity index (χ3n) is 2.57. The lowest BCUT2D eigenvalue weighted by atomic mass is 10.1. The molecule has 0 radical (unpaired) electrons. The molecular weight excluding hydrogens is 390 g/mol. The third kappa shape index (κ3) is 3.49. The van der Waals surface area contributed by atoms with Gasteiger partial charge in [0, 0.05) is 20.7 Å². The summed E-state index contributed by atoms with van der Waals surface area (Å²) < 4.78 is 1.60.